The predicted molar refractivity (Wildman–Crippen MR) is 109 cm³/mol. The molecule has 2 aliphatic carbocycles. The molecule has 0 atom stereocenters. The highest BCUT2D eigenvalue weighted by molar-refractivity contribution is 5.84. The van der Waals surface area contributed by atoms with Gasteiger partial charge in [0.25, 0.3) is 0 Å². The average Bonchev–Trinajstić information content (AvgIpc) is 3.35. The number of ether oxygens (including phenoxy) is 2. The maximum atomic E-state index is 13.1. The zero-order valence-electron chi connectivity index (χ0n) is 16.9. The Morgan fingerprint density at radius 2 is 1.90 bits per heavy atom. The molecule has 1 aliphatic heterocycles. The van der Waals surface area contributed by atoms with E-state index in [1.165, 1.54) is 5.56 Å². The second kappa shape index (κ2) is 8.44. The van der Waals surface area contributed by atoms with Crippen LogP contribution in [0.25, 0.3) is 0 Å². The van der Waals surface area contributed by atoms with Gasteiger partial charge in [0.05, 0.1) is 11.7 Å². The minimum Gasteiger partial charge on any atom is -0.489 e. The molecule has 29 heavy (non-hydrogen) atoms. The Hall–Kier alpha value is -1.92. The predicted octanol–water partition coefficient (Wildman–Crippen LogP) is 3.37. The maximum absolute atomic E-state index is 13.1. The van der Waals surface area contributed by atoms with Crippen molar-refractivity contribution in [2.24, 2.45) is 11.1 Å². The van der Waals surface area contributed by atoms with Crippen molar-refractivity contribution < 1.29 is 18.7 Å². The molecular formula is C23H31FN2O3. The van der Waals surface area contributed by atoms with Crippen LogP contribution < -0.4 is 15.8 Å². The van der Waals surface area contributed by atoms with Gasteiger partial charge in [0, 0.05) is 31.4 Å². The number of carbonyl (C=O) groups excluding carboxylic acids is 1. The molecular weight excluding hydrogens is 371 g/mol. The van der Waals surface area contributed by atoms with E-state index in [2.05, 4.69) is 17.4 Å². The van der Waals surface area contributed by atoms with Gasteiger partial charge in [0.1, 0.15) is 12.4 Å². The number of benzene rings is 1. The fraction of sp³-hybridized carbons (Fsp3) is 0.609. The first kappa shape index (κ1) is 20.4. The monoisotopic (exact) mass is 402 g/mol. The van der Waals surface area contributed by atoms with Crippen molar-refractivity contribution in [3.63, 3.8) is 0 Å². The van der Waals surface area contributed by atoms with E-state index in [-0.39, 0.29) is 35.9 Å². The van der Waals surface area contributed by atoms with Crippen molar-refractivity contribution in [2.45, 2.75) is 56.4 Å². The van der Waals surface area contributed by atoms with Gasteiger partial charge in [0.15, 0.2) is 0 Å². The van der Waals surface area contributed by atoms with Gasteiger partial charge in [-0.2, -0.15) is 0 Å². The van der Waals surface area contributed by atoms with Crippen molar-refractivity contribution in [2.75, 3.05) is 26.4 Å². The van der Waals surface area contributed by atoms with Gasteiger partial charge >= 0.3 is 0 Å². The molecule has 1 saturated heterocycles. The van der Waals surface area contributed by atoms with Crippen LogP contribution in [0.3, 0.4) is 0 Å². The molecule has 3 aliphatic rings. The summed E-state index contributed by atoms with van der Waals surface area (Å²) in [6, 6.07) is 8.35. The largest absolute Gasteiger partial charge is 0.489 e. The second-order valence-corrected chi connectivity index (χ2v) is 8.88. The summed E-state index contributed by atoms with van der Waals surface area (Å²) >= 11 is 0. The molecule has 0 aromatic heterocycles. The number of fused-ring (bicyclic) bond motifs is 2. The summed E-state index contributed by atoms with van der Waals surface area (Å²) in [5.41, 5.74) is 7.05. The van der Waals surface area contributed by atoms with E-state index in [0.29, 0.717) is 17.7 Å². The molecule has 1 amide bonds. The van der Waals surface area contributed by atoms with Crippen molar-refractivity contribution in [1.29, 1.82) is 0 Å². The standard InChI is InChI=1S/C23H31FN2O3/c24-13-17(14-25)15-29-20-3-1-18(2-4-20)22-7-9-23(16-22,10-8-22)21(27)26-19-5-11-28-12-6-19/h1-4,13,19H,5-12,14-16,25H2,(H,26,27). The molecule has 0 unspecified atom stereocenters. The lowest BCUT2D eigenvalue weighted by Crippen LogP contribution is -2.45. The Morgan fingerprint density at radius 3 is 2.52 bits per heavy atom. The lowest BCUT2D eigenvalue weighted by molar-refractivity contribution is -0.132. The molecule has 2 bridgehead atoms. The van der Waals surface area contributed by atoms with E-state index in [1.807, 2.05) is 12.1 Å². The van der Waals surface area contributed by atoms with E-state index in [9.17, 15) is 9.18 Å². The quantitative estimate of drug-likeness (QED) is 0.733. The van der Waals surface area contributed by atoms with Crippen LogP contribution in [0.4, 0.5) is 4.39 Å². The van der Waals surface area contributed by atoms with Gasteiger partial charge in [-0.1, -0.05) is 12.1 Å². The fourth-order valence-electron chi connectivity index (χ4n) is 5.30. The summed E-state index contributed by atoms with van der Waals surface area (Å²) in [7, 11) is 0. The van der Waals surface area contributed by atoms with Gasteiger partial charge in [-0.15, -0.1) is 0 Å². The molecule has 1 aromatic rings. The van der Waals surface area contributed by atoms with Gasteiger partial charge in [-0.05, 0) is 68.1 Å². The van der Waals surface area contributed by atoms with Crippen LogP contribution in [0.5, 0.6) is 5.75 Å². The molecule has 4 rings (SSSR count). The van der Waals surface area contributed by atoms with Crippen molar-refractivity contribution >= 4 is 5.91 Å². The van der Waals surface area contributed by atoms with Crippen LogP contribution in [0.1, 0.15) is 50.5 Å². The van der Waals surface area contributed by atoms with Crippen LogP contribution in [0, 0.1) is 5.41 Å². The summed E-state index contributed by atoms with van der Waals surface area (Å²) in [5.74, 6) is 0.952. The van der Waals surface area contributed by atoms with Crippen molar-refractivity contribution in [3.8, 4) is 5.75 Å². The van der Waals surface area contributed by atoms with Gasteiger partial charge in [-0.25, -0.2) is 4.39 Å². The number of nitrogens with one attached hydrogen (secondary N) is 1. The first-order valence-corrected chi connectivity index (χ1v) is 10.7. The number of rotatable bonds is 7. The molecule has 3 N–H and O–H groups in total. The summed E-state index contributed by atoms with van der Waals surface area (Å²) < 4.78 is 23.6. The molecule has 0 spiro atoms. The third kappa shape index (κ3) is 4.05. The Labute approximate surface area is 171 Å². The van der Waals surface area contributed by atoms with Crippen molar-refractivity contribution in [3.05, 3.63) is 41.7 Å². The minimum atomic E-state index is -0.213. The summed E-state index contributed by atoms with van der Waals surface area (Å²) in [6.07, 6.45) is 7.29. The zero-order chi connectivity index (χ0) is 20.3. The Balaban J connectivity index is 1.39. The minimum absolute atomic E-state index is 0.0901. The Bertz CT molecular complexity index is 748. The summed E-state index contributed by atoms with van der Waals surface area (Å²) in [4.78, 5) is 13.1. The molecule has 6 heteroatoms. The average molecular weight is 403 g/mol. The molecule has 1 heterocycles. The highest BCUT2D eigenvalue weighted by Crippen LogP contribution is 2.62. The number of halogens is 1. The summed E-state index contributed by atoms with van der Waals surface area (Å²) in [5, 5.41) is 3.31. The third-order valence-electron chi connectivity index (χ3n) is 7.19. The van der Waals surface area contributed by atoms with Gasteiger partial charge < -0.3 is 20.5 Å². The number of hydrogen-bond donors (Lipinski definition) is 2. The number of hydrogen-bond acceptors (Lipinski definition) is 4. The zero-order valence-corrected chi connectivity index (χ0v) is 16.9. The molecule has 3 fully saturated rings. The van der Waals surface area contributed by atoms with E-state index in [4.69, 9.17) is 15.2 Å². The SMILES string of the molecule is NCC(=CF)COc1ccc(C23CCC(C(=O)NC4CCOCC4)(CC2)C3)cc1. The third-order valence-corrected chi connectivity index (χ3v) is 7.19. The van der Waals surface area contributed by atoms with Crippen LogP contribution >= 0.6 is 0 Å². The maximum Gasteiger partial charge on any atom is 0.226 e. The highest BCUT2D eigenvalue weighted by Gasteiger charge is 2.58. The lowest BCUT2D eigenvalue weighted by atomic mass is 9.77. The Kier molecular flexibility index (Phi) is 5.93. The Morgan fingerprint density at radius 1 is 1.21 bits per heavy atom. The number of amides is 1. The molecule has 5 nitrogen and oxygen atoms in total. The van der Waals surface area contributed by atoms with Crippen LogP contribution in [-0.2, 0) is 14.9 Å². The topological polar surface area (TPSA) is 73.6 Å². The van der Waals surface area contributed by atoms with E-state index in [1.54, 1.807) is 0 Å². The number of nitrogens with two attached hydrogens (primary N) is 1. The fourth-order valence-corrected chi connectivity index (χ4v) is 5.30. The van der Waals surface area contributed by atoms with Crippen LogP contribution in [0.2, 0.25) is 0 Å². The van der Waals surface area contributed by atoms with Gasteiger partial charge in [-0.3, -0.25) is 4.79 Å². The second-order valence-electron chi connectivity index (χ2n) is 8.88. The molecule has 1 aromatic carbocycles. The lowest BCUT2D eigenvalue weighted by Gasteiger charge is -2.30. The normalized spacial score (nSPS) is 29.8. The van der Waals surface area contributed by atoms with Crippen LogP contribution in [0.15, 0.2) is 36.2 Å². The highest BCUT2D eigenvalue weighted by atomic mass is 19.1. The summed E-state index contributed by atoms with van der Waals surface area (Å²) in [6.45, 7) is 1.79. The van der Waals surface area contributed by atoms with E-state index >= 15 is 0 Å². The molecule has 2 saturated carbocycles. The van der Waals surface area contributed by atoms with E-state index in [0.717, 1.165) is 58.2 Å². The smallest absolute Gasteiger partial charge is 0.226 e. The van der Waals surface area contributed by atoms with Crippen LogP contribution in [-0.4, -0.2) is 38.3 Å². The van der Waals surface area contributed by atoms with E-state index < -0.39 is 0 Å². The van der Waals surface area contributed by atoms with Gasteiger partial charge in [0.2, 0.25) is 5.91 Å². The first-order valence-electron chi connectivity index (χ1n) is 10.7. The van der Waals surface area contributed by atoms with Crippen molar-refractivity contribution in [1.82, 2.24) is 5.32 Å². The molecule has 0 radical (unpaired) electrons. The molecule has 158 valence electrons. The first-order chi connectivity index (χ1) is 14.1. The number of carbonyl (C=O) groups is 1.